The molecule has 1 atom stereocenters. The maximum atomic E-state index is 9.36. The van der Waals surface area contributed by atoms with E-state index >= 15 is 0 Å². The number of anilines is 1. The third-order valence-electron chi connectivity index (χ3n) is 2.31. The molecule has 86 valence electrons. The normalized spacial score (nSPS) is 13.2. The molecule has 0 aliphatic heterocycles. The molecule has 0 amide bonds. The van der Waals surface area contributed by atoms with E-state index in [1.54, 1.807) is 18.3 Å². The Morgan fingerprint density at radius 1 is 1.47 bits per heavy atom. The highest BCUT2D eigenvalue weighted by Crippen LogP contribution is 2.23. The van der Waals surface area contributed by atoms with Crippen molar-refractivity contribution < 1.29 is 5.11 Å². The van der Waals surface area contributed by atoms with Gasteiger partial charge in [-0.25, -0.2) is 4.98 Å². The monoisotopic (exact) mass is 228 g/mol. The van der Waals surface area contributed by atoms with E-state index in [1.807, 2.05) is 12.4 Å². The second kappa shape index (κ2) is 5.47. The third-order valence-corrected chi connectivity index (χ3v) is 3.28. The molecule has 0 saturated carbocycles. The van der Waals surface area contributed by atoms with Gasteiger partial charge in [0.25, 0.3) is 0 Å². The summed E-state index contributed by atoms with van der Waals surface area (Å²) in [6.07, 6.45) is 0.702. The zero-order valence-electron chi connectivity index (χ0n) is 9.90. The van der Waals surface area contributed by atoms with Gasteiger partial charge in [0.05, 0.1) is 11.8 Å². The molecule has 0 spiro atoms. The molecule has 0 aromatic carbocycles. The maximum absolute atomic E-state index is 9.36. The first-order valence-corrected chi connectivity index (χ1v) is 6.23. The predicted molar refractivity (Wildman–Crippen MR) is 65.5 cm³/mol. The van der Waals surface area contributed by atoms with Crippen LogP contribution in [-0.2, 0) is 0 Å². The summed E-state index contributed by atoms with van der Waals surface area (Å²) in [7, 11) is 2.05. The Hall–Kier alpha value is -0.610. The van der Waals surface area contributed by atoms with E-state index in [0.29, 0.717) is 5.92 Å². The van der Waals surface area contributed by atoms with Gasteiger partial charge in [-0.15, -0.1) is 11.3 Å². The van der Waals surface area contributed by atoms with Gasteiger partial charge in [0, 0.05) is 19.0 Å². The number of aliphatic hydroxyl groups is 1. The highest BCUT2D eigenvalue weighted by molar-refractivity contribution is 7.13. The van der Waals surface area contributed by atoms with Crippen LogP contribution in [0.15, 0.2) is 5.38 Å². The van der Waals surface area contributed by atoms with Crippen LogP contribution in [0.4, 0.5) is 5.13 Å². The minimum Gasteiger partial charge on any atom is -0.387 e. The van der Waals surface area contributed by atoms with Crippen molar-refractivity contribution in [1.29, 1.82) is 0 Å². The molecule has 0 aliphatic rings. The lowest BCUT2D eigenvalue weighted by atomic mass is 10.1. The highest BCUT2D eigenvalue weighted by atomic mass is 32.1. The fourth-order valence-corrected chi connectivity index (χ4v) is 2.10. The SMILES string of the molecule is CC(C)CCN(C)c1nc(C(C)O)cs1. The Labute approximate surface area is 95.8 Å². The predicted octanol–water partition coefficient (Wildman–Crippen LogP) is 2.68. The average molecular weight is 228 g/mol. The zero-order chi connectivity index (χ0) is 11.4. The molecule has 4 heteroatoms. The van der Waals surface area contributed by atoms with E-state index < -0.39 is 6.10 Å². The summed E-state index contributed by atoms with van der Waals surface area (Å²) in [6, 6.07) is 0. The molecule has 1 N–H and O–H groups in total. The molecule has 1 aromatic heterocycles. The summed E-state index contributed by atoms with van der Waals surface area (Å²) in [6.45, 7) is 7.20. The second-order valence-corrected chi connectivity index (χ2v) is 5.17. The molecule has 1 unspecified atom stereocenters. The van der Waals surface area contributed by atoms with E-state index in [2.05, 4.69) is 23.7 Å². The van der Waals surface area contributed by atoms with Crippen LogP contribution < -0.4 is 4.90 Å². The molecule has 1 rings (SSSR count). The van der Waals surface area contributed by atoms with Crippen molar-refractivity contribution in [2.24, 2.45) is 5.92 Å². The Bertz CT molecular complexity index is 297. The minimum atomic E-state index is -0.464. The Balaban J connectivity index is 2.54. The summed E-state index contributed by atoms with van der Waals surface area (Å²) in [5.74, 6) is 0.712. The van der Waals surface area contributed by atoms with E-state index in [9.17, 15) is 5.11 Å². The summed E-state index contributed by atoms with van der Waals surface area (Å²) >= 11 is 1.59. The molecule has 0 fully saturated rings. The van der Waals surface area contributed by atoms with Gasteiger partial charge in [-0.2, -0.15) is 0 Å². The third kappa shape index (κ3) is 3.80. The van der Waals surface area contributed by atoms with Gasteiger partial charge in [0.15, 0.2) is 5.13 Å². The topological polar surface area (TPSA) is 36.4 Å². The van der Waals surface area contributed by atoms with Crippen LogP contribution in [0.1, 0.15) is 39.0 Å². The molecular formula is C11H20N2OS. The first-order chi connectivity index (χ1) is 7.00. The Kier molecular flexibility index (Phi) is 4.54. The van der Waals surface area contributed by atoms with Crippen LogP contribution in [0.2, 0.25) is 0 Å². The summed E-state index contributed by atoms with van der Waals surface area (Å²) in [5, 5.41) is 12.3. The van der Waals surface area contributed by atoms with Crippen molar-refractivity contribution in [3.05, 3.63) is 11.1 Å². The smallest absolute Gasteiger partial charge is 0.185 e. The van der Waals surface area contributed by atoms with E-state index in [-0.39, 0.29) is 0 Å². The maximum Gasteiger partial charge on any atom is 0.185 e. The molecule has 1 heterocycles. The van der Waals surface area contributed by atoms with Crippen molar-refractivity contribution >= 4 is 16.5 Å². The number of hydrogen-bond donors (Lipinski definition) is 1. The van der Waals surface area contributed by atoms with Crippen LogP contribution >= 0.6 is 11.3 Å². The molecule has 0 saturated heterocycles. The lowest BCUT2D eigenvalue weighted by Crippen LogP contribution is -2.19. The summed E-state index contributed by atoms with van der Waals surface area (Å²) in [4.78, 5) is 6.53. The van der Waals surface area contributed by atoms with Gasteiger partial charge in [0.1, 0.15) is 0 Å². The van der Waals surface area contributed by atoms with Crippen LogP contribution in [0, 0.1) is 5.92 Å². The van der Waals surface area contributed by atoms with Gasteiger partial charge in [-0.05, 0) is 19.3 Å². The van der Waals surface area contributed by atoms with E-state index in [0.717, 1.165) is 17.4 Å². The second-order valence-electron chi connectivity index (χ2n) is 4.33. The van der Waals surface area contributed by atoms with Gasteiger partial charge < -0.3 is 10.0 Å². The largest absolute Gasteiger partial charge is 0.387 e. The molecule has 0 radical (unpaired) electrons. The molecular weight excluding hydrogens is 208 g/mol. The van der Waals surface area contributed by atoms with Gasteiger partial charge in [-0.1, -0.05) is 13.8 Å². The van der Waals surface area contributed by atoms with E-state index in [4.69, 9.17) is 0 Å². The highest BCUT2D eigenvalue weighted by Gasteiger charge is 2.10. The average Bonchev–Trinajstić information content (AvgIpc) is 2.62. The standard InChI is InChI=1S/C11H20N2OS/c1-8(2)5-6-13(4)11-12-10(7-15-11)9(3)14/h7-9,14H,5-6H2,1-4H3. The quantitative estimate of drug-likeness (QED) is 0.841. The van der Waals surface area contributed by atoms with Crippen LogP contribution in [0.25, 0.3) is 0 Å². The van der Waals surface area contributed by atoms with E-state index in [1.165, 1.54) is 6.42 Å². The lowest BCUT2D eigenvalue weighted by molar-refractivity contribution is 0.195. The van der Waals surface area contributed by atoms with Crippen LogP contribution in [0.5, 0.6) is 0 Å². The molecule has 0 bridgehead atoms. The van der Waals surface area contributed by atoms with Crippen molar-refractivity contribution in [3.63, 3.8) is 0 Å². The van der Waals surface area contributed by atoms with Crippen LogP contribution in [-0.4, -0.2) is 23.7 Å². The Morgan fingerprint density at radius 3 is 2.60 bits per heavy atom. The number of thiazole rings is 1. The minimum absolute atomic E-state index is 0.464. The molecule has 0 aliphatic carbocycles. The van der Waals surface area contributed by atoms with Crippen molar-refractivity contribution in [2.75, 3.05) is 18.5 Å². The van der Waals surface area contributed by atoms with Crippen LogP contribution in [0.3, 0.4) is 0 Å². The number of nitrogens with zero attached hydrogens (tertiary/aromatic N) is 2. The molecule has 15 heavy (non-hydrogen) atoms. The summed E-state index contributed by atoms with van der Waals surface area (Å²) in [5.41, 5.74) is 0.770. The van der Waals surface area contributed by atoms with Gasteiger partial charge >= 0.3 is 0 Å². The molecule has 1 aromatic rings. The fraction of sp³-hybridized carbons (Fsp3) is 0.727. The Morgan fingerprint density at radius 2 is 2.13 bits per heavy atom. The number of aliphatic hydroxyl groups excluding tert-OH is 1. The van der Waals surface area contributed by atoms with Gasteiger partial charge in [0.2, 0.25) is 0 Å². The first-order valence-electron chi connectivity index (χ1n) is 5.35. The lowest BCUT2D eigenvalue weighted by Gasteiger charge is -2.16. The van der Waals surface area contributed by atoms with Gasteiger partial charge in [-0.3, -0.25) is 0 Å². The summed E-state index contributed by atoms with van der Waals surface area (Å²) < 4.78 is 0. The number of rotatable bonds is 5. The number of aromatic nitrogens is 1. The first kappa shape index (κ1) is 12.5. The molecule has 3 nitrogen and oxygen atoms in total. The fourth-order valence-electron chi connectivity index (χ4n) is 1.19. The van der Waals surface area contributed by atoms with Crippen molar-refractivity contribution in [2.45, 2.75) is 33.3 Å². The number of hydrogen-bond acceptors (Lipinski definition) is 4. The zero-order valence-corrected chi connectivity index (χ0v) is 10.7. The van der Waals surface area contributed by atoms with Crippen molar-refractivity contribution in [1.82, 2.24) is 4.98 Å². The van der Waals surface area contributed by atoms with Crippen molar-refractivity contribution in [3.8, 4) is 0 Å².